The van der Waals surface area contributed by atoms with Crippen LogP contribution in [-0.4, -0.2) is 89.0 Å². The fraction of sp³-hybridized carbons (Fsp3) is 0.405. The van der Waals surface area contributed by atoms with E-state index in [0.717, 1.165) is 16.7 Å². The topological polar surface area (TPSA) is 152 Å². The number of carbonyl (C=O) groups excluding carboxylic acids is 1. The molecule has 14 nitrogen and oxygen atoms in total. The summed E-state index contributed by atoms with van der Waals surface area (Å²) in [5.41, 5.74) is 2.26. The normalized spacial score (nSPS) is 17.6. The van der Waals surface area contributed by atoms with Crippen LogP contribution in [0.25, 0.3) is 11.2 Å². The molecule has 15 heteroatoms. The highest BCUT2D eigenvalue weighted by molar-refractivity contribution is 7.44. The molecule has 2 aromatic heterocycles. The fourth-order valence-electron chi connectivity index (χ4n) is 7.13. The van der Waals surface area contributed by atoms with Crippen molar-refractivity contribution in [3.05, 3.63) is 114 Å². The molecule has 300 valence electrons. The first-order chi connectivity index (χ1) is 27.6. The van der Waals surface area contributed by atoms with Crippen LogP contribution in [0.2, 0.25) is 0 Å². The number of imidazole rings is 1. The average Bonchev–Trinajstić information content (AvgIpc) is 3.85. The lowest BCUT2D eigenvalue weighted by Crippen LogP contribution is -2.39. The Morgan fingerprint density at radius 1 is 0.912 bits per heavy atom. The zero-order valence-corrected chi connectivity index (χ0v) is 34.2. The third-order valence-electron chi connectivity index (χ3n) is 9.75. The van der Waals surface area contributed by atoms with Gasteiger partial charge in [-0.25, -0.2) is 24.4 Å². The molecule has 0 saturated carbocycles. The van der Waals surface area contributed by atoms with Gasteiger partial charge in [-0.1, -0.05) is 54.6 Å². The van der Waals surface area contributed by atoms with Gasteiger partial charge in [0, 0.05) is 18.5 Å². The van der Waals surface area contributed by atoms with Gasteiger partial charge in [-0.2, -0.15) is 5.26 Å². The van der Waals surface area contributed by atoms with Crippen LogP contribution in [0.1, 0.15) is 73.9 Å². The largest absolute Gasteiger partial charge is 0.497 e. The van der Waals surface area contributed by atoms with Crippen LogP contribution < -0.4 is 9.47 Å². The Morgan fingerprint density at radius 3 is 2.09 bits per heavy atom. The van der Waals surface area contributed by atoms with Crippen molar-refractivity contribution in [3.63, 3.8) is 0 Å². The summed E-state index contributed by atoms with van der Waals surface area (Å²) in [4.78, 5) is 25.7. The summed E-state index contributed by atoms with van der Waals surface area (Å²) in [6.45, 7) is 8.66. The molecular weight excluding hydrogens is 747 g/mol. The standard InChI is InChI=1S/C42H49N6O8P/c1-28(2)48(29(3)4)57(54-23-11-22-43)56-35-24-37(47-27-46-38-39(41(49)52-7)44-26-45-40(38)47)55-36(35)25-53-42(30-12-9-8-10-13-30,31-14-18-33(50-5)19-15-31)32-16-20-34(51-6)21-17-32/h8-10,12-21,26-29,35-37H,11,23-25H2,1-7H3/t35-,36+,37+,57?/m0/s1. The maximum atomic E-state index is 12.6. The molecule has 0 spiro atoms. The molecule has 0 aliphatic carbocycles. The number of methoxy groups -OCH3 is 3. The van der Waals surface area contributed by atoms with E-state index in [1.807, 2.05) is 78.9 Å². The number of ether oxygens (including phenoxy) is 5. The van der Waals surface area contributed by atoms with E-state index in [1.165, 1.54) is 13.4 Å². The monoisotopic (exact) mass is 796 g/mol. The highest BCUT2D eigenvalue weighted by Gasteiger charge is 2.45. The minimum atomic E-state index is -1.65. The van der Waals surface area contributed by atoms with Gasteiger partial charge in [-0.15, -0.1) is 0 Å². The summed E-state index contributed by atoms with van der Waals surface area (Å²) in [5, 5.41) is 9.37. The van der Waals surface area contributed by atoms with Crippen LogP contribution in [0.5, 0.6) is 11.5 Å². The maximum Gasteiger partial charge on any atom is 0.359 e. The molecule has 57 heavy (non-hydrogen) atoms. The zero-order valence-electron chi connectivity index (χ0n) is 33.3. The van der Waals surface area contributed by atoms with Crippen LogP contribution in [0.4, 0.5) is 0 Å². The van der Waals surface area contributed by atoms with Crippen molar-refractivity contribution in [1.29, 1.82) is 5.26 Å². The summed E-state index contributed by atoms with van der Waals surface area (Å²) in [5.74, 6) is 0.800. The van der Waals surface area contributed by atoms with Gasteiger partial charge >= 0.3 is 5.97 Å². The van der Waals surface area contributed by atoms with Crippen LogP contribution in [0, 0.1) is 11.3 Å². The van der Waals surface area contributed by atoms with Gasteiger partial charge in [0.25, 0.3) is 8.53 Å². The summed E-state index contributed by atoms with van der Waals surface area (Å²) in [6, 6.07) is 28.0. The van der Waals surface area contributed by atoms with E-state index in [2.05, 4.69) is 53.4 Å². The second kappa shape index (κ2) is 19.0. The Hall–Kier alpha value is -5.00. The molecule has 1 aliphatic heterocycles. The quantitative estimate of drug-likeness (QED) is 0.0371. The lowest BCUT2D eigenvalue weighted by atomic mass is 9.80. The minimum Gasteiger partial charge on any atom is -0.497 e. The van der Waals surface area contributed by atoms with E-state index in [0.29, 0.717) is 29.1 Å². The van der Waals surface area contributed by atoms with Crippen LogP contribution in [-0.2, 0) is 28.9 Å². The highest BCUT2D eigenvalue weighted by Crippen LogP contribution is 2.51. The summed E-state index contributed by atoms with van der Waals surface area (Å²) < 4.78 is 47.6. The summed E-state index contributed by atoms with van der Waals surface area (Å²) in [6.07, 6.45) is 1.66. The predicted molar refractivity (Wildman–Crippen MR) is 214 cm³/mol. The molecule has 3 aromatic carbocycles. The van der Waals surface area contributed by atoms with Crippen molar-refractivity contribution in [3.8, 4) is 17.6 Å². The SMILES string of the molecule is COC(=O)c1ncnc2c1ncn2[C@H]1C[C@H](OP(OCCC#N)N(C(C)C)C(C)C)[C@@H](COC(c2ccccc2)(c2ccc(OC)cc2)c2ccc(OC)cc2)O1. The van der Waals surface area contributed by atoms with Crippen molar-refractivity contribution < 1.29 is 37.5 Å². The van der Waals surface area contributed by atoms with Gasteiger partial charge in [0.1, 0.15) is 41.3 Å². The Balaban J connectivity index is 1.44. The fourth-order valence-corrected chi connectivity index (χ4v) is 8.89. The Morgan fingerprint density at radius 2 is 1.53 bits per heavy atom. The predicted octanol–water partition coefficient (Wildman–Crippen LogP) is 7.59. The van der Waals surface area contributed by atoms with Gasteiger partial charge in [0.05, 0.1) is 59.5 Å². The van der Waals surface area contributed by atoms with Crippen molar-refractivity contribution in [2.45, 2.75) is 76.7 Å². The van der Waals surface area contributed by atoms with Crippen molar-refractivity contribution in [2.75, 3.05) is 34.5 Å². The average molecular weight is 797 g/mol. The molecule has 0 N–H and O–H groups in total. The Bertz CT molecular complexity index is 2050. The third kappa shape index (κ3) is 8.95. The molecular formula is C42H49N6O8P. The van der Waals surface area contributed by atoms with Crippen LogP contribution in [0.3, 0.4) is 0 Å². The maximum absolute atomic E-state index is 12.6. The number of benzene rings is 3. The van der Waals surface area contributed by atoms with Crippen molar-refractivity contribution >= 4 is 25.7 Å². The second-order valence-corrected chi connectivity index (χ2v) is 15.3. The van der Waals surface area contributed by atoms with Gasteiger partial charge < -0.3 is 32.7 Å². The molecule has 6 rings (SSSR count). The van der Waals surface area contributed by atoms with E-state index >= 15 is 0 Å². The van der Waals surface area contributed by atoms with Gasteiger partial charge in [-0.05, 0) is 68.7 Å². The molecule has 1 unspecified atom stereocenters. The smallest absolute Gasteiger partial charge is 0.359 e. The number of esters is 1. The molecule has 1 aliphatic rings. The molecule has 0 amide bonds. The number of nitrogens with zero attached hydrogens (tertiary/aromatic N) is 6. The molecule has 0 bridgehead atoms. The molecule has 0 radical (unpaired) electrons. The van der Waals surface area contributed by atoms with Crippen molar-refractivity contribution in [1.82, 2.24) is 24.2 Å². The molecule has 5 aromatic rings. The molecule has 1 fully saturated rings. The first-order valence-corrected chi connectivity index (χ1v) is 19.9. The number of nitriles is 1. The number of aromatic nitrogens is 4. The first-order valence-electron chi connectivity index (χ1n) is 18.8. The number of carbonyl (C=O) groups is 1. The number of hydrogen-bond acceptors (Lipinski definition) is 13. The molecule has 1 saturated heterocycles. The minimum absolute atomic E-state index is 0.0532. The van der Waals surface area contributed by atoms with E-state index < -0.39 is 38.5 Å². The zero-order chi connectivity index (χ0) is 40.5. The Kier molecular flexibility index (Phi) is 13.8. The van der Waals surface area contributed by atoms with Gasteiger partial charge in [0.2, 0.25) is 0 Å². The van der Waals surface area contributed by atoms with Crippen LogP contribution >= 0.6 is 8.53 Å². The van der Waals surface area contributed by atoms with E-state index in [-0.39, 0.29) is 37.4 Å². The lowest BCUT2D eigenvalue weighted by Gasteiger charge is -2.39. The number of rotatable bonds is 18. The third-order valence-corrected chi connectivity index (χ3v) is 11.9. The number of hydrogen-bond donors (Lipinski definition) is 0. The lowest BCUT2D eigenvalue weighted by molar-refractivity contribution is -0.0912. The molecule has 3 heterocycles. The summed E-state index contributed by atoms with van der Waals surface area (Å²) in [7, 11) is 2.91. The first kappa shape index (κ1) is 41.6. The van der Waals surface area contributed by atoms with E-state index in [4.69, 9.17) is 32.7 Å². The Labute approximate surface area is 334 Å². The summed E-state index contributed by atoms with van der Waals surface area (Å²) >= 11 is 0. The number of fused-ring (bicyclic) bond motifs is 1. The van der Waals surface area contributed by atoms with Gasteiger partial charge in [0.15, 0.2) is 11.3 Å². The van der Waals surface area contributed by atoms with Crippen molar-refractivity contribution in [2.24, 2.45) is 0 Å². The second-order valence-electron chi connectivity index (χ2n) is 13.9. The van der Waals surface area contributed by atoms with E-state index in [9.17, 15) is 10.1 Å². The molecule has 4 atom stereocenters. The highest BCUT2D eigenvalue weighted by atomic mass is 31.2. The van der Waals surface area contributed by atoms with Gasteiger partial charge in [-0.3, -0.25) is 4.57 Å². The van der Waals surface area contributed by atoms with E-state index in [1.54, 1.807) is 25.1 Å². The van der Waals surface area contributed by atoms with Crippen LogP contribution in [0.15, 0.2) is 91.5 Å².